The number of benzene rings is 1. The number of nitrogens with zero attached hydrogens (tertiary/aromatic N) is 1. The molecule has 1 aromatic rings. The fourth-order valence-electron chi connectivity index (χ4n) is 2.52. The van der Waals surface area contributed by atoms with Crippen LogP contribution in [0.3, 0.4) is 0 Å². The Morgan fingerprint density at radius 2 is 1.86 bits per heavy atom. The van der Waals surface area contributed by atoms with Crippen LogP contribution < -0.4 is 5.73 Å². The molecule has 0 aliphatic carbocycles. The number of carbonyl (C=O) groups is 2. The maximum absolute atomic E-state index is 12.6. The zero-order valence-electron chi connectivity index (χ0n) is 12.7. The number of fused-ring (bicyclic) bond motifs is 1. The summed E-state index contributed by atoms with van der Waals surface area (Å²) in [6.07, 6.45) is 0.327. The predicted molar refractivity (Wildman–Crippen MR) is 79.6 cm³/mol. The minimum Gasteiger partial charge on any atom is -0.480 e. The van der Waals surface area contributed by atoms with E-state index in [1.165, 1.54) is 4.90 Å². The summed E-state index contributed by atoms with van der Waals surface area (Å²) in [4.78, 5) is 25.5. The number of nitrogens with two attached hydrogens (primary N) is 1. The molecule has 2 atom stereocenters. The maximum atomic E-state index is 12.6. The van der Waals surface area contributed by atoms with E-state index in [2.05, 4.69) is 0 Å². The second-order valence-electron chi connectivity index (χ2n) is 6.64. The van der Waals surface area contributed by atoms with Gasteiger partial charge in [-0.3, -0.25) is 4.79 Å². The molecule has 3 N–H and O–H groups in total. The average molecular weight is 290 g/mol. The van der Waals surface area contributed by atoms with Crippen LogP contribution in [0.4, 0.5) is 0 Å². The van der Waals surface area contributed by atoms with Crippen molar-refractivity contribution in [3.8, 4) is 0 Å². The third-order valence-electron chi connectivity index (χ3n) is 4.02. The van der Waals surface area contributed by atoms with Crippen molar-refractivity contribution < 1.29 is 14.7 Å². The molecule has 0 saturated heterocycles. The normalized spacial score (nSPS) is 19.8. The number of hydrogen-bond acceptors (Lipinski definition) is 3. The number of rotatable bonds is 2. The molecule has 0 spiro atoms. The van der Waals surface area contributed by atoms with E-state index in [1.807, 2.05) is 45.0 Å². The van der Waals surface area contributed by atoms with Gasteiger partial charge in [-0.2, -0.15) is 0 Å². The van der Waals surface area contributed by atoms with Crippen molar-refractivity contribution in [3.05, 3.63) is 35.4 Å². The van der Waals surface area contributed by atoms with Gasteiger partial charge >= 0.3 is 5.97 Å². The first-order valence-corrected chi connectivity index (χ1v) is 7.07. The highest BCUT2D eigenvalue weighted by Gasteiger charge is 2.39. The standard InChI is InChI=1S/C16H22N2O3/c1-16(2,3)13(17)14(19)18-9-11-7-5-4-6-10(11)8-12(18)15(20)21/h4-7,12-13H,8-9,17H2,1-3H3,(H,20,21). The van der Waals surface area contributed by atoms with Crippen LogP contribution in [-0.4, -0.2) is 34.0 Å². The van der Waals surface area contributed by atoms with Gasteiger partial charge in [0.05, 0.1) is 6.04 Å². The Balaban J connectivity index is 2.33. The number of amides is 1. The van der Waals surface area contributed by atoms with Crippen molar-refractivity contribution >= 4 is 11.9 Å². The summed E-state index contributed by atoms with van der Waals surface area (Å²) in [5.41, 5.74) is 7.59. The molecule has 114 valence electrons. The zero-order chi connectivity index (χ0) is 15.8. The third-order valence-corrected chi connectivity index (χ3v) is 4.02. The molecular weight excluding hydrogens is 268 g/mol. The molecule has 1 amide bonds. The van der Waals surface area contributed by atoms with E-state index in [0.717, 1.165) is 11.1 Å². The number of carboxylic acids is 1. The highest BCUT2D eigenvalue weighted by atomic mass is 16.4. The maximum Gasteiger partial charge on any atom is 0.326 e. The van der Waals surface area contributed by atoms with E-state index in [-0.39, 0.29) is 5.91 Å². The molecule has 2 unspecified atom stereocenters. The van der Waals surface area contributed by atoms with Crippen molar-refractivity contribution in [2.24, 2.45) is 11.1 Å². The Morgan fingerprint density at radius 3 is 2.38 bits per heavy atom. The van der Waals surface area contributed by atoms with E-state index >= 15 is 0 Å². The molecule has 5 heteroatoms. The van der Waals surface area contributed by atoms with E-state index < -0.39 is 23.5 Å². The lowest BCUT2D eigenvalue weighted by atomic mass is 9.85. The van der Waals surface area contributed by atoms with Crippen LogP contribution in [0, 0.1) is 5.41 Å². The molecule has 1 aliphatic rings. The summed E-state index contributed by atoms with van der Waals surface area (Å²) in [7, 11) is 0. The lowest BCUT2D eigenvalue weighted by Crippen LogP contribution is -2.56. The molecule has 0 aromatic heterocycles. The van der Waals surface area contributed by atoms with Crippen molar-refractivity contribution in [2.45, 2.75) is 45.8 Å². The van der Waals surface area contributed by atoms with Crippen molar-refractivity contribution in [1.29, 1.82) is 0 Å². The Bertz CT molecular complexity index is 563. The Hall–Kier alpha value is -1.88. The molecule has 1 heterocycles. The van der Waals surface area contributed by atoms with E-state index in [9.17, 15) is 14.7 Å². The summed E-state index contributed by atoms with van der Waals surface area (Å²) in [5, 5.41) is 9.43. The van der Waals surface area contributed by atoms with Crippen LogP contribution in [0.5, 0.6) is 0 Å². The summed E-state index contributed by atoms with van der Waals surface area (Å²) in [6, 6.07) is 6.06. The van der Waals surface area contributed by atoms with Gasteiger partial charge in [0.1, 0.15) is 6.04 Å². The lowest BCUT2D eigenvalue weighted by molar-refractivity contribution is -0.153. The predicted octanol–water partition coefficient (Wildman–Crippen LogP) is 1.40. The first kappa shape index (κ1) is 15.5. The first-order valence-electron chi connectivity index (χ1n) is 7.07. The van der Waals surface area contributed by atoms with Crippen LogP contribution in [0.1, 0.15) is 31.9 Å². The molecule has 1 aromatic carbocycles. The first-order chi connectivity index (χ1) is 9.71. The second-order valence-corrected chi connectivity index (χ2v) is 6.64. The molecular formula is C16H22N2O3. The molecule has 0 fully saturated rings. The summed E-state index contributed by atoms with van der Waals surface area (Å²) >= 11 is 0. The summed E-state index contributed by atoms with van der Waals surface area (Å²) in [6.45, 7) is 5.94. The van der Waals surface area contributed by atoms with Gasteiger partial charge in [-0.25, -0.2) is 4.79 Å². The van der Waals surface area contributed by atoms with Crippen LogP contribution in [0.15, 0.2) is 24.3 Å². The van der Waals surface area contributed by atoms with Crippen molar-refractivity contribution in [2.75, 3.05) is 0 Å². The third kappa shape index (κ3) is 3.08. The molecule has 2 rings (SSSR count). The molecule has 0 radical (unpaired) electrons. The molecule has 21 heavy (non-hydrogen) atoms. The SMILES string of the molecule is CC(C)(C)C(N)C(=O)N1Cc2ccccc2CC1C(=O)O. The molecule has 1 aliphatic heterocycles. The monoisotopic (exact) mass is 290 g/mol. The Morgan fingerprint density at radius 1 is 1.29 bits per heavy atom. The summed E-state index contributed by atoms with van der Waals surface area (Å²) < 4.78 is 0. The number of carboxylic acid groups (broad SMARTS) is 1. The Labute approximate surface area is 124 Å². The lowest BCUT2D eigenvalue weighted by Gasteiger charge is -2.38. The molecule has 5 nitrogen and oxygen atoms in total. The van der Waals surface area contributed by atoms with Gasteiger partial charge in [-0.1, -0.05) is 45.0 Å². The van der Waals surface area contributed by atoms with Crippen LogP contribution in [0.2, 0.25) is 0 Å². The molecule has 0 saturated carbocycles. The number of carbonyl (C=O) groups excluding carboxylic acids is 1. The van der Waals surface area contributed by atoms with E-state index in [4.69, 9.17) is 5.73 Å². The summed E-state index contributed by atoms with van der Waals surface area (Å²) in [5.74, 6) is -1.29. The quantitative estimate of drug-likeness (QED) is 0.862. The number of aliphatic carboxylic acids is 1. The minimum atomic E-state index is -0.987. The van der Waals surface area contributed by atoms with Gasteiger partial charge in [-0.05, 0) is 16.5 Å². The van der Waals surface area contributed by atoms with Gasteiger partial charge in [0.15, 0.2) is 0 Å². The highest BCUT2D eigenvalue weighted by Crippen LogP contribution is 2.27. The zero-order valence-corrected chi connectivity index (χ0v) is 12.7. The fourth-order valence-corrected chi connectivity index (χ4v) is 2.52. The van der Waals surface area contributed by atoms with Gasteiger partial charge in [-0.15, -0.1) is 0 Å². The van der Waals surface area contributed by atoms with Gasteiger partial charge in [0.2, 0.25) is 5.91 Å². The molecule has 0 bridgehead atoms. The van der Waals surface area contributed by atoms with Gasteiger partial charge in [0, 0.05) is 13.0 Å². The fraction of sp³-hybridized carbons (Fsp3) is 0.500. The number of hydrogen-bond donors (Lipinski definition) is 2. The smallest absolute Gasteiger partial charge is 0.326 e. The topological polar surface area (TPSA) is 83.6 Å². The Kier molecular flexibility index (Phi) is 4.05. The van der Waals surface area contributed by atoms with Crippen LogP contribution in [-0.2, 0) is 22.6 Å². The van der Waals surface area contributed by atoms with Crippen molar-refractivity contribution in [1.82, 2.24) is 4.90 Å². The van der Waals surface area contributed by atoms with Crippen LogP contribution in [0.25, 0.3) is 0 Å². The highest BCUT2D eigenvalue weighted by molar-refractivity contribution is 5.88. The van der Waals surface area contributed by atoms with Gasteiger partial charge in [0.25, 0.3) is 0 Å². The average Bonchev–Trinajstić information content (AvgIpc) is 2.43. The van der Waals surface area contributed by atoms with E-state index in [0.29, 0.717) is 13.0 Å². The minimum absolute atomic E-state index is 0.301. The van der Waals surface area contributed by atoms with Crippen LogP contribution >= 0.6 is 0 Å². The second kappa shape index (κ2) is 5.48. The van der Waals surface area contributed by atoms with Gasteiger partial charge < -0.3 is 15.7 Å². The van der Waals surface area contributed by atoms with E-state index in [1.54, 1.807) is 0 Å². The van der Waals surface area contributed by atoms with Crippen molar-refractivity contribution in [3.63, 3.8) is 0 Å². The largest absolute Gasteiger partial charge is 0.480 e.